The van der Waals surface area contributed by atoms with Gasteiger partial charge < -0.3 is 9.84 Å². The zero-order valence-electron chi connectivity index (χ0n) is 12.5. The zero-order valence-corrected chi connectivity index (χ0v) is 12.5. The van der Waals surface area contributed by atoms with Gasteiger partial charge in [-0.2, -0.15) is 0 Å². The number of hydrogen-bond donors (Lipinski definition) is 1. The van der Waals surface area contributed by atoms with E-state index in [9.17, 15) is 14.7 Å². The first-order chi connectivity index (χ1) is 8.61. The molecule has 0 spiro atoms. The number of carboxylic acid groups (broad SMARTS) is 1. The third-order valence-corrected chi connectivity index (χ3v) is 3.61. The number of amides is 1. The van der Waals surface area contributed by atoms with Gasteiger partial charge in [-0.25, -0.2) is 9.59 Å². The maximum Gasteiger partial charge on any atom is 0.411 e. The van der Waals surface area contributed by atoms with Crippen molar-refractivity contribution < 1.29 is 19.4 Å². The van der Waals surface area contributed by atoms with E-state index in [-0.39, 0.29) is 5.92 Å². The van der Waals surface area contributed by atoms with Gasteiger partial charge in [0.25, 0.3) is 0 Å². The van der Waals surface area contributed by atoms with Crippen LogP contribution in [0.2, 0.25) is 0 Å². The Morgan fingerprint density at radius 3 is 2.26 bits per heavy atom. The molecule has 110 valence electrons. The van der Waals surface area contributed by atoms with E-state index < -0.39 is 23.2 Å². The van der Waals surface area contributed by atoms with E-state index in [0.29, 0.717) is 13.0 Å². The second-order valence-electron chi connectivity index (χ2n) is 6.47. The fraction of sp³-hybridized carbons (Fsp3) is 0.857. The van der Waals surface area contributed by atoms with Crippen LogP contribution < -0.4 is 0 Å². The van der Waals surface area contributed by atoms with Crippen LogP contribution in [0.1, 0.15) is 53.9 Å². The Morgan fingerprint density at radius 1 is 1.26 bits per heavy atom. The minimum Gasteiger partial charge on any atom is -0.479 e. The van der Waals surface area contributed by atoms with E-state index in [1.54, 1.807) is 20.8 Å². The van der Waals surface area contributed by atoms with Crippen molar-refractivity contribution in [3.05, 3.63) is 0 Å². The minimum absolute atomic E-state index is 0.155. The zero-order chi connectivity index (χ0) is 14.8. The van der Waals surface area contributed by atoms with E-state index >= 15 is 0 Å². The minimum atomic E-state index is -1.14. The lowest BCUT2D eigenvalue weighted by molar-refractivity contribution is -0.157. The van der Waals surface area contributed by atoms with Crippen LogP contribution in [0.15, 0.2) is 0 Å². The number of ether oxygens (including phenoxy) is 1. The van der Waals surface area contributed by atoms with E-state index in [4.69, 9.17) is 4.74 Å². The van der Waals surface area contributed by atoms with Crippen LogP contribution in [0, 0.1) is 5.92 Å². The fourth-order valence-electron chi connectivity index (χ4n) is 2.64. The van der Waals surface area contributed by atoms with Gasteiger partial charge in [0.15, 0.2) is 0 Å². The average Bonchev–Trinajstić information content (AvgIpc) is 2.25. The number of carbonyl (C=O) groups is 2. The summed E-state index contributed by atoms with van der Waals surface area (Å²) in [6, 6.07) is 0. The molecule has 0 aromatic heterocycles. The number of rotatable bonds is 2. The van der Waals surface area contributed by atoms with Gasteiger partial charge in [0.2, 0.25) is 0 Å². The summed E-state index contributed by atoms with van der Waals surface area (Å²) in [6.07, 6.45) is 1.60. The maximum atomic E-state index is 12.3. The highest BCUT2D eigenvalue weighted by atomic mass is 16.6. The second-order valence-corrected chi connectivity index (χ2v) is 6.47. The normalized spacial score (nSPS) is 24.4. The Bertz CT molecular complexity index is 359. The molecule has 1 rings (SSSR count). The molecule has 0 aliphatic carbocycles. The Balaban J connectivity index is 3.06. The molecule has 1 N–H and O–H groups in total. The van der Waals surface area contributed by atoms with Gasteiger partial charge in [-0.15, -0.1) is 0 Å². The largest absolute Gasteiger partial charge is 0.479 e. The first kappa shape index (κ1) is 15.8. The summed E-state index contributed by atoms with van der Waals surface area (Å²) in [6.45, 7) is 9.49. The van der Waals surface area contributed by atoms with Gasteiger partial charge in [0, 0.05) is 6.54 Å². The smallest absolute Gasteiger partial charge is 0.411 e. The van der Waals surface area contributed by atoms with Crippen LogP contribution in [-0.2, 0) is 9.53 Å². The van der Waals surface area contributed by atoms with Crippen LogP contribution in [0.3, 0.4) is 0 Å². The van der Waals surface area contributed by atoms with Crippen LogP contribution >= 0.6 is 0 Å². The number of aliphatic carboxylic acids is 1. The molecule has 1 fully saturated rings. The van der Waals surface area contributed by atoms with E-state index in [0.717, 1.165) is 12.8 Å². The highest BCUT2D eigenvalue weighted by molar-refractivity contribution is 5.85. The van der Waals surface area contributed by atoms with Gasteiger partial charge in [-0.05, 0) is 46.0 Å². The van der Waals surface area contributed by atoms with Crippen molar-refractivity contribution in [3.8, 4) is 0 Å². The highest BCUT2D eigenvalue weighted by Gasteiger charge is 2.51. The standard InChI is InChI=1S/C14H25NO4/c1-10(2)14(11(16)17)8-6-7-9-15(14)12(18)19-13(3,4)5/h10H,6-9H2,1-5H3,(H,16,17). The number of nitrogens with zero attached hydrogens (tertiary/aromatic N) is 1. The molecule has 19 heavy (non-hydrogen) atoms. The predicted octanol–water partition coefficient (Wildman–Crippen LogP) is 2.89. The summed E-state index contributed by atoms with van der Waals surface area (Å²) < 4.78 is 5.36. The van der Waals surface area contributed by atoms with Crippen LogP contribution in [0.4, 0.5) is 4.79 Å². The highest BCUT2D eigenvalue weighted by Crippen LogP contribution is 2.36. The third kappa shape index (κ3) is 3.19. The molecule has 5 nitrogen and oxygen atoms in total. The molecule has 1 unspecified atom stereocenters. The number of carboxylic acids is 1. The van der Waals surface area contributed by atoms with Crippen LogP contribution in [0.5, 0.6) is 0 Å². The summed E-state index contributed by atoms with van der Waals surface area (Å²) in [5, 5.41) is 9.63. The topological polar surface area (TPSA) is 66.8 Å². The summed E-state index contributed by atoms with van der Waals surface area (Å²) >= 11 is 0. The quantitative estimate of drug-likeness (QED) is 0.838. The monoisotopic (exact) mass is 271 g/mol. The van der Waals surface area contributed by atoms with E-state index in [1.165, 1.54) is 4.90 Å². The SMILES string of the molecule is CC(C)C1(C(=O)O)CCCCN1C(=O)OC(C)(C)C. The summed E-state index contributed by atoms with van der Waals surface area (Å²) in [5.74, 6) is -1.09. The molecule has 1 atom stereocenters. The van der Waals surface area contributed by atoms with Gasteiger partial charge in [0.1, 0.15) is 11.1 Å². The van der Waals surface area contributed by atoms with Crippen molar-refractivity contribution in [2.75, 3.05) is 6.54 Å². The summed E-state index contributed by atoms with van der Waals surface area (Å²) in [4.78, 5) is 25.4. The van der Waals surface area contributed by atoms with Gasteiger partial charge >= 0.3 is 12.1 Å². The molecular weight excluding hydrogens is 246 g/mol. The number of hydrogen-bond acceptors (Lipinski definition) is 3. The Kier molecular flexibility index (Phi) is 4.48. The van der Waals surface area contributed by atoms with E-state index in [2.05, 4.69) is 0 Å². The number of carbonyl (C=O) groups excluding carboxylic acids is 1. The Morgan fingerprint density at radius 2 is 1.84 bits per heavy atom. The lowest BCUT2D eigenvalue weighted by Crippen LogP contribution is -2.63. The molecule has 0 aromatic rings. The maximum absolute atomic E-state index is 12.3. The van der Waals surface area contributed by atoms with Gasteiger partial charge in [0.05, 0.1) is 0 Å². The molecule has 0 radical (unpaired) electrons. The lowest BCUT2D eigenvalue weighted by atomic mass is 9.78. The van der Waals surface area contributed by atoms with Crippen molar-refractivity contribution in [3.63, 3.8) is 0 Å². The van der Waals surface area contributed by atoms with Crippen molar-refractivity contribution in [2.24, 2.45) is 5.92 Å². The van der Waals surface area contributed by atoms with Gasteiger partial charge in [-0.3, -0.25) is 4.90 Å². The summed E-state index contributed by atoms with van der Waals surface area (Å²) in [5.41, 5.74) is -1.75. The second kappa shape index (κ2) is 5.39. The van der Waals surface area contributed by atoms with Crippen LogP contribution in [-0.4, -0.2) is 39.8 Å². The average molecular weight is 271 g/mol. The Hall–Kier alpha value is -1.26. The first-order valence-corrected chi connectivity index (χ1v) is 6.85. The molecule has 1 saturated heterocycles. The molecule has 1 aliphatic heterocycles. The molecule has 0 bridgehead atoms. The Labute approximate surface area is 114 Å². The first-order valence-electron chi connectivity index (χ1n) is 6.85. The molecule has 0 aromatic carbocycles. The molecule has 0 saturated carbocycles. The molecule has 1 amide bonds. The van der Waals surface area contributed by atoms with Gasteiger partial charge in [-0.1, -0.05) is 13.8 Å². The van der Waals surface area contributed by atoms with Crippen molar-refractivity contribution >= 4 is 12.1 Å². The third-order valence-electron chi connectivity index (χ3n) is 3.61. The number of likely N-dealkylation sites (tertiary alicyclic amines) is 1. The lowest BCUT2D eigenvalue weighted by Gasteiger charge is -2.46. The van der Waals surface area contributed by atoms with E-state index in [1.807, 2.05) is 13.8 Å². The fourth-order valence-corrected chi connectivity index (χ4v) is 2.64. The number of piperidine rings is 1. The van der Waals surface area contributed by atoms with Crippen molar-refractivity contribution in [1.82, 2.24) is 4.90 Å². The van der Waals surface area contributed by atoms with Crippen molar-refractivity contribution in [1.29, 1.82) is 0 Å². The predicted molar refractivity (Wildman–Crippen MR) is 72.0 cm³/mol. The molecular formula is C14H25NO4. The van der Waals surface area contributed by atoms with Crippen molar-refractivity contribution in [2.45, 2.75) is 65.0 Å². The molecule has 1 aliphatic rings. The molecule has 5 heteroatoms. The summed E-state index contributed by atoms with van der Waals surface area (Å²) in [7, 11) is 0. The molecule has 1 heterocycles. The van der Waals surface area contributed by atoms with Crippen LogP contribution in [0.25, 0.3) is 0 Å².